The Morgan fingerprint density at radius 2 is 1.23 bits per heavy atom. The van der Waals surface area contributed by atoms with Crippen molar-refractivity contribution in [2.45, 2.75) is 26.7 Å². The summed E-state index contributed by atoms with van der Waals surface area (Å²) >= 11 is 0. The lowest BCUT2D eigenvalue weighted by atomic mass is 10.0. The van der Waals surface area contributed by atoms with Gasteiger partial charge in [0.1, 0.15) is 17.3 Å². The molecule has 0 atom stereocenters. The molecule has 4 heteroatoms. The van der Waals surface area contributed by atoms with Gasteiger partial charge >= 0.3 is 11.5 Å². The summed E-state index contributed by atoms with van der Waals surface area (Å²) in [5, 5.41) is 0. The number of hydrogen-bond donors (Lipinski definition) is 0. The van der Waals surface area contributed by atoms with E-state index in [4.69, 9.17) is 13.9 Å². The minimum atomic E-state index is -0.256. The van der Waals surface area contributed by atoms with E-state index in [9.17, 15) is 4.39 Å². The Balaban J connectivity index is 1.68. The molecule has 0 saturated heterocycles. The molecule has 4 aromatic rings. The number of hydrogen-bond acceptors (Lipinski definition) is 2. The van der Waals surface area contributed by atoms with Gasteiger partial charge in [-0.3, -0.25) is 0 Å². The van der Waals surface area contributed by atoms with E-state index in [0.717, 1.165) is 52.4 Å². The van der Waals surface area contributed by atoms with Gasteiger partial charge in [-0.25, -0.2) is 8.81 Å². The van der Waals surface area contributed by atoms with Crippen LogP contribution >= 0.6 is 0 Å². The monoisotopic (exact) mass is 469 g/mol. The van der Waals surface area contributed by atoms with Crippen LogP contribution < -0.4 is 9.47 Å². The highest BCUT2D eigenvalue weighted by Crippen LogP contribution is 2.31. The molecule has 0 amide bonds. The molecule has 0 radical (unpaired) electrons. The molecule has 0 aliphatic heterocycles. The van der Waals surface area contributed by atoms with Crippen LogP contribution in [0.1, 0.15) is 38.0 Å². The van der Waals surface area contributed by atoms with Gasteiger partial charge in [0.2, 0.25) is 0 Å². The molecule has 0 spiro atoms. The third-order valence-corrected chi connectivity index (χ3v) is 5.39. The van der Waals surface area contributed by atoms with E-state index in [1.165, 1.54) is 12.1 Å². The predicted molar refractivity (Wildman–Crippen MR) is 141 cm³/mol. The molecule has 0 N–H and O–H groups in total. The molecule has 0 unspecified atom stereocenters. The van der Waals surface area contributed by atoms with Crippen LogP contribution in [-0.2, 0) is 0 Å². The summed E-state index contributed by atoms with van der Waals surface area (Å²) in [5.41, 5.74) is 3.93. The fourth-order valence-electron chi connectivity index (χ4n) is 3.56. The highest BCUT2D eigenvalue weighted by molar-refractivity contribution is 5.75. The first-order valence-electron chi connectivity index (χ1n) is 12.0. The highest BCUT2D eigenvalue weighted by atomic mass is 19.1. The SMILES string of the molecule is CCCOc1ccc(-c2cc(C=Cc3ccc(F)cc3)[o+]c(-c3ccc(OCCC)cc3)c2)cc1. The molecule has 178 valence electrons. The number of benzene rings is 3. The van der Waals surface area contributed by atoms with E-state index in [1.807, 2.05) is 60.7 Å². The van der Waals surface area contributed by atoms with E-state index in [1.54, 1.807) is 12.1 Å². The lowest BCUT2D eigenvalue weighted by Gasteiger charge is -2.06. The summed E-state index contributed by atoms with van der Waals surface area (Å²) in [4.78, 5) is 0. The zero-order chi connectivity index (χ0) is 24.5. The van der Waals surface area contributed by atoms with Gasteiger partial charge in [0, 0.05) is 11.6 Å². The first-order valence-corrected chi connectivity index (χ1v) is 12.0. The Morgan fingerprint density at radius 3 is 1.80 bits per heavy atom. The summed E-state index contributed by atoms with van der Waals surface area (Å²) < 4.78 is 31.0. The van der Waals surface area contributed by atoms with Crippen molar-refractivity contribution < 1.29 is 18.3 Å². The predicted octanol–water partition coefficient (Wildman–Crippen LogP) is 8.78. The Kier molecular flexibility index (Phi) is 8.29. The molecular weight excluding hydrogens is 439 g/mol. The average Bonchev–Trinajstić information content (AvgIpc) is 2.91. The van der Waals surface area contributed by atoms with Gasteiger partial charge in [-0.15, -0.1) is 0 Å². The van der Waals surface area contributed by atoms with E-state index < -0.39 is 0 Å². The van der Waals surface area contributed by atoms with Crippen molar-refractivity contribution in [3.8, 4) is 33.9 Å². The van der Waals surface area contributed by atoms with Crippen LogP contribution in [0.4, 0.5) is 4.39 Å². The maximum Gasteiger partial charge on any atom is 0.361 e. The van der Waals surface area contributed by atoms with Crippen LogP contribution in [0, 0.1) is 5.82 Å². The normalized spacial score (nSPS) is 11.1. The molecule has 3 aromatic carbocycles. The second kappa shape index (κ2) is 12.0. The summed E-state index contributed by atoms with van der Waals surface area (Å²) in [6.45, 7) is 5.56. The van der Waals surface area contributed by atoms with Crippen molar-refractivity contribution in [3.05, 3.63) is 102 Å². The van der Waals surface area contributed by atoms with Gasteiger partial charge in [0.05, 0.1) is 30.9 Å². The molecule has 35 heavy (non-hydrogen) atoms. The van der Waals surface area contributed by atoms with Gasteiger partial charge in [0.25, 0.3) is 0 Å². The molecule has 0 saturated carbocycles. The lowest BCUT2D eigenvalue weighted by Crippen LogP contribution is -1.94. The third kappa shape index (κ3) is 6.80. The topological polar surface area (TPSA) is 29.8 Å². The maximum atomic E-state index is 13.3. The van der Waals surface area contributed by atoms with Crippen LogP contribution in [-0.4, -0.2) is 13.2 Å². The Labute approximate surface area is 206 Å². The van der Waals surface area contributed by atoms with E-state index in [2.05, 4.69) is 26.0 Å². The van der Waals surface area contributed by atoms with Crippen LogP contribution in [0.3, 0.4) is 0 Å². The smallest absolute Gasteiger partial charge is 0.361 e. The molecule has 1 aromatic heterocycles. The number of rotatable bonds is 10. The minimum absolute atomic E-state index is 0.256. The van der Waals surface area contributed by atoms with Gasteiger partial charge in [-0.2, -0.15) is 0 Å². The number of ether oxygens (including phenoxy) is 2. The fourth-order valence-corrected chi connectivity index (χ4v) is 3.56. The van der Waals surface area contributed by atoms with Gasteiger partial charge in [-0.05, 0) is 78.6 Å². The summed E-state index contributed by atoms with van der Waals surface area (Å²) in [7, 11) is 0. The Bertz CT molecular complexity index is 1170. The minimum Gasteiger partial charge on any atom is -0.494 e. The van der Waals surface area contributed by atoms with Crippen molar-refractivity contribution in [2.75, 3.05) is 13.2 Å². The van der Waals surface area contributed by atoms with Gasteiger partial charge in [0.15, 0.2) is 0 Å². The standard InChI is InChI=1S/C31H30FO3/c1-3-19-33-28-15-8-24(9-16-28)26-21-30(14-7-23-5-12-27(32)13-6-23)35-31(22-26)25-10-17-29(18-11-25)34-20-4-2/h5-18,21-22H,3-4,19-20H2,1-2H3/q+1. The van der Waals surface area contributed by atoms with Crippen LogP contribution in [0.25, 0.3) is 34.6 Å². The Hall–Kier alpha value is -3.92. The first kappa shape index (κ1) is 24.2. The van der Waals surface area contributed by atoms with Crippen molar-refractivity contribution in [3.63, 3.8) is 0 Å². The molecule has 0 aliphatic carbocycles. The first-order chi connectivity index (χ1) is 17.1. The molecular formula is C31H30FO3+. The van der Waals surface area contributed by atoms with Gasteiger partial charge in [-0.1, -0.05) is 38.1 Å². The Morgan fingerprint density at radius 1 is 0.657 bits per heavy atom. The summed E-state index contributed by atoms with van der Waals surface area (Å²) in [6, 6.07) is 26.4. The fraction of sp³-hybridized carbons (Fsp3) is 0.194. The molecule has 4 rings (SSSR count). The summed E-state index contributed by atoms with van der Waals surface area (Å²) in [6.07, 6.45) is 5.75. The highest BCUT2D eigenvalue weighted by Gasteiger charge is 2.18. The third-order valence-electron chi connectivity index (χ3n) is 5.39. The lowest BCUT2D eigenvalue weighted by molar-refractivity contribution is 0.317. The van der Waals surface area contributed by atoms with Crippen molar-refractivity contribution in [2.24, 2.45) is 0 Å². The molecule has 1 heterocycles. The summed E-state index contributed by atoms with van der Waals surface area (Å²) in [5.74, 6) is 2.88. The largest absolute Gasteiger partial charge is 0.494 e. The van der Waals surface area contributed by atoms with Crippen molar-refractivity contribution in [1.29, 1.82) is 0 Å². The van der Waals surface area contributed by atoms with E-state index >= 15 is 0 Å². The second-order valence-corrected chi connectivity index (χ2v) is 8.24. The van der Waals surface area contributed by atoms with Crippen molar-refractivity contribution in [1.82, 2.24) is 0 Å². The quantitative estimate of drug-likeness (QED) is 0.217. The average molecular weight is 470 g/mol. The van der Waals surface area contributed by atoms with Gasteiger partial charge < -0.3 is 9.47 Å². The van der Waals surface area contributed by atoms with Crippen molar-refractivity contribution >= 4 is 12.2 Å². The van der Waals surface area contributed by atoms with Crippen LogP contribution in [0.15, 0.2) is 89.3 Å². The molecule has 3 nitrogen and oxygen atoms in total. The number of halogens is 1. The molecule has 0 bridgehead atoms. The van der Waals surface area contributed by atoms with E-state index in [0.29, 0.717) is 19.0 Å². The van der Waals surface area contributed by atoms with Crippen LogP contribution in [0.2, 0.25) is 0 Å². The van der Waals surface area contributed by atoms with Crippen LogP contribution in [0.5, 0.6) is 11.5 Å². The maximum absolute atomic E-state index is 13.3. The molecule has 0 fully saturated rings. The molecule has 0 aliphatic rings. The van der Waals surface area contributed by atoms with E-state index in [-0.39, 0.29) is 5.82 Å². The zero-order valence-corrected chi connectivity index (χ0v) is 20.2. The zero-order valence-electron chi connectivity index (χ0n) is 20.2. The second-order valence-electron chi connectivity index (χ2n) is 8.24.